The van der Waals surface area contributed by atoms with Gasteiger partial charge in [0.05, 0.1) is 18.1 Å². The van der Waals surface area contributed by atoms with E-state index in [1.54, 1.807) is 17.0 Å². The normalized spacial score (nSPS) is 16.2. The zero-order valence-corrected chi connectivity index (χ0v) is 14.4. The Morgan fingerprint density at radius 3 is 2.35 bits per heavy atom. The van der Waals surface area contributed by atoms with Crippen LogP contribution in [0.25, 0.3) is 0 Å². The Kier molecular flexibility index (Phi) is 4.93. The van der Waals surface area contributed by atoms with Crippen LogP contribution in [0.3, 0.4) is 0 Å². The summed E-state index contributed by atoms with van der Waals surface area (Å²) in [6.45, 7) is 0.555. The number of likely N-dealkylation sites (tertiary alicyclic amines) is 1. The van der Waals surface area contributed by atoms with Gasteiger partial charge in [0.2, 0.25) is 0 Å². The smallest absolute Gasteiger partial charge is 0.314 e. The van der Waals surface area contributed by atoms with Gasteiger partial charge in [-0.25, -0.2) is 4.39 Å². The molecule has 1 fully saturated rings. The number of benzene rings is 2. The Labute approximate surface area is 151 Å². The lowest BCUT2D eigenvalue weighted by Crippen LogP contribution is -2.49. The number of carboxylic acid groups (broad SMARTS) is 1. The fourth-order valence-electron chi connectivity index (χ4n) is 3.49. The highest BCUT2D eigenvalue weighted by Gasteiger charge is 2.44. The molecule has 136 valence electrons. The molecule has 2 aromatic rings. The molecule has 6 heteroatoms. The number of carbonyl (C=O) groups is 2. The number of carboxylic acids is 1. The van der Waals surface area contributed by atoms with Crippen molar-refractivity contribution in [2.24, 2.45) is 0 Å². The third-order valence-electron chi connectivity index (χ3n) is 5.03. The summed E-state index contributed by atoms with van der Waals surface area (Å²) in [6, 6.07) is 12.9. The third-order valence-corrected chi connectivity index (χ3v) is 5.03. The second kappa shape index (κ2) is 7.15. The molecule has 1 aliphatic heterocycles. The molecule has 0 saturated carbocycles. The summed E-state index contributed by atoms with van der Waals surface area (Å²) in [4.78, 5) is 26.3. The fourth-order valence-corrected chi connectivity index (χ4v) is 3.49. The summed E-state index contributed by atoms with van der Waals surface area (Å²) in [6.07, 6.45) is 0.603. The molecule has 0 aliphatic carbocycles. The molecule has 2 aromatic carbocycles. The van der Waals surface area contributed by atoms with Crippen LogP contribution in [0.1, 0.15) is 28.8 Å². The SMILES string of the molecule is COc1ccc(F)cc1C(=O)N1CCC(C(=O)O)(c2ccccc2)CC1. The first-order chi connectivity index (χ1) is 12.5. The van der Waals surface area contributed by atoms with Crippen LogP contribution in [-0.4, -0.2) is 42.1 Å². The van der Waals surface area contributed by atoms with Crippen molar-refractivity contribution in [1.82, 2.24) is 4.90 Å². The van der Waals surface area contributed by atoms with Gasteiger partial charge >= 0.3 is 5.97 Å². The molecule has 1 N–H and O–H groups in total. The molecule has 0 unspecified atom stereocenters. The van der Waals surface area contributed by atoms with Crippen LogP contribution in [0.4, 0.5) is 4.39 Å². The average molecular weight is 357 g/mol. The number of piperidine rings is 1. The van der Waals surface area contributed by atoms with Gasteiger partial charge in [0.1, 0.15) is 11.6 Å². The van der Waals surface area contributed by atoms with Gasteiger partial charge in [-0.1, -0.05) is 30.3 Å². The number of nitrogens with zero attached hydrogens (tertiary/aromatic N) is 1. The molecule has 0 bridgehead atoms. The minimum absolute atomic E-state index is 0.148. The van der Waals surface area contributed by atoms with Crippen molar-refractivity contribution in [3.05, 3.63) is 65.5 Å². The van der Waals surface area contributed by atoms with Crippen molar-refractivity contribution in [1.29, 1.82) is 0 Å². The topological polar surface area (TPSA) is 66.8 Å². The van der Waals surface area contributed by atoms with E-state index >= 15 is 0 Å². The van der Waals surface area contributed by atoms with Gasteiger partial charge in [0.25, 0.3) is 5.91 Å². The predicted octanol–water partition coefficient (Wildman–Crippen LogP) is 3.09. The van der Waals surface area contributed by atoms with Gasteiger partial charge in [-0.2, -0.15) is 0 Å². The van der Waals surface area contributed by atoms with Crippen LogP contribution >= 0.6 is 0 Å². The van der Waals surface area contributed by atoms with E-state index in [9.17, 15) is 19.1 Å². The molecule has 0 radical (unpaired) electrons. The van der Waals surface area contributed by atoms with Crippen LogP contribution in [0.2, 0.25) is 0 Å². The molecule has 3 rings (SSSR count). The highest BCUT2D eigenvalue weighted by Crippen LogP contribution is 2.36. The van der Waals surface area contributed by atoms with E-state index in [0.29, 0.717) is 18.6 Å². The Morgan fingerprint density at radius 2 is 1.77 bits per heavy atom. The molecule has 1 heterocycles. The second-order valence-corrected chi connectivity index (χ2v) is 6.39. The van der Waals surface area contributed by atoms with Crippen molar-refractivity contribution >= 4 is 11.9 Å². The van der Waals surface area contributed by atoms with Crippen molar-refractivity contribution in [2.45, 2.75) is 18.3 Å². The lowest BCUT2D eigenvalue weighted by atomic mass is 9.72. The fraction of sp³-hybridized carbons (Fsp3) is 0.300. The Balaban J connectivity index is 1.82. The largest absolute Gasteiger partial charge is 0.496 e. The Morgan fingerprint density at radius 1 is 1.12 bits per heavy atom. The van der Waals surface area contributed by atoms with Crippen LogP contribution in [0, 0.1) is 5.82 Å². The van der Waals surface area contributed by atoms with Crippen LogP contribution < -0.4 is 4.74 Å². The molecule has 26 heavy (non-hydrogen) atoms. The van der Waals surface area contributed by atoms with Gasteiger partial charge in [0, 0.05) is 13.1 Å². The number of amides is 1. The van der Waals surface area contributed by atoms with Crippen molar-refractivity contribution in [3.63, 3.8) is 0 Å². The molecule has 5 nitrogen and oxygen atoms in total. The maximum Gasteiger partial charge on any atom is 0.314 e. The first-order valence-corrected chi connectivity index (χ1v) is 8.40. The van der Waals surface area contributed by atoms with E-state index in [4.69, 9.17) is 4.74 Å². The first kappa shape index (κ1) is 17.9. The molecule has 0 spiro atoms. The van der Waals surface area contributed by atoms with E-state index in [1.807, 2.05) is 18.2 Å². The Bertz CT molecular complexity index is 814. The minimum atomic E-state index is -1.01. The summed E-state index contributed by atoms with van der Waals surface area (Å²) in [5, 5.41) is 9.83. The number of aliphatic carboxylic acids is 1. The van der Waals surface area contributed by atoms with Gasteiger partial charge < -0.3 is 14.7 Å². The predicted molar refractivity (Wildman–Crippen MR) is 93.8 cm³/mol. The molecule has 1 saturated heterocycles. The van der Waals surface area contributed by atoms with E-state index in [0.717, 1.165) is 11.6 Å². The van der Waals surface area contributed by atoms with E-state index < -0.39 is 17.2 Å². The number of ether oxygens (including phenoxy) is 1. The monoisotopic (exact) mass is 357 g/mol. The minimum Gasteiger partial charge on any atom is -0.496 e. The van der Waals surface area contributed by atoms with Crippen LogP contribution in [0.5, 0.6) is 5.75 Å². The number of carbonyl (C=O) groups excluding carboxylic acids is 1. The van der Waals surface area contributed by atoms with Gasteiger partial charge in [-0.3, -0.25) is 9.59 Å². The van der Waals surface area contributed by atoms with Crippen molar-refractivity contribution < 1.29 is 23.8 Å². The summed E-state index contributed by atoms with van der Waals surface area (Å²) >= 11 is 0. The summed E-state index contributed by atoms with van der Waals surface area (Å²) in [5.74, 6) is -1.46. The maximum absolute atomic E-state index is 13.6. The zero-order valence-electron chi connectivity index (χ0n) is 14.4. The van der Waals surface area contributed by atoms with Gasteiger partial charge in [-0.05, 0) is 36.6 Å². The number of hydrogen-bond acceptors (Lipinski definition) is 3. The zero-order chi connectivity index (χ0) is 18.7. The van der Waals surface area contributed by atoms with Crippen molar-refractivity contribution in [2.75, 3.05) is 20.2 Å². The maximum atomic E-state index is 13.6. The number of hydrogen-bond donors (Lipinski definition) is 1. The second-order valence-electron chi connectivity index (χ2n) is 6.39. The van der Waals surface area contributed by atoms with Gasteiger partial charge in [-0.15, -0.1) is 0 Å². The lowest BCUT2D eigenvalue weighted by Gasteiger charge is -2.39. The lowest BCUT2D eigenvalue weighted by molar-refractivity contribution is -0.145. The third kappa shape index (κ3) is 3.14. The number of methoxy groups -OCH3 is 1. The summed E-state index contributed by atoms with van der Waals surface area (Å²) < 4.78 is 18.7. The molecule has 1 aliphatic rings. The van der Waals surface area contributed by atoms with E-state index in [1.165, 1.54) is 19.2 Å². The molecule has 0 aromatic heterocycles. The van der Waals surface area contributed by atoms with Crippen LogP contribution in [-0.2, 0) is 10.2 Å². The number of rotatable bonds is 4. The summed E-state index contributed by atoms with van der Waals surface area (Å²) in [7, 11) is 1.42. The van der Waals surface area contributed by atoms with Gasteiger partial charge in [0.15, 0.2) is 0 Å². The van der Waals surface area contributed by atoms with E-state index in [-0.39, 0.29) is 24.6 Å². The highest BCUT2D eigenvalue weighted by atomic mass is 19.1. The number of halogens is 1. The molecular weight excluding hydrogens is 337 g/mol. The Hall–Kier alpha value is -2.89. The highest BCUT2D eigenvalue weighted by molar-refractivity contribution is 5.97. The standard InChI is InChI=1S/C20H20FNO4/c1-26-17-8-7-15(21)13-16(17)18(23)22-11-9-20(10-12-22,19(24)25)14-5-3-2-4-6-14/h2-8,13H,9-12H2,1H3,(H,24,25). The quantitative estimate of drug-likeness (QED) is 0.913. The van der Waals surface area contributed by atoms with E-state index in [2.05, 4.69) is 0 Å². The average Bonchev–Trinajstić information content (AvgIpc) is 2.68. The molecule has 0 atom stereocenters. The molecular formula is C20H20FNO4. The van der Waals surface area contributed by atoms with Crippen molar-refractivity contribution in [3.8, 4) is 5.75 Å². The first-order valence-electron chi connectivity index (χ1n) is 8.40. The molecule has 1 amide bonds. The summed E-state index contributed by atoms with van der Waals surface area (Å²) in [5.41, 5.74) is -0.123. The van der Waals surface area contributed by atoms with Crippen LogP contribution in [0.15, 0.2) is 48.5 Å².